The largest absolute Gasteiger partial charge is 0.386 e. The summed E-state index contributed by atoms with van der Waals surface area (Å²) < 4.78 is 0.910. The number of nitrogens with one attached hydrogen (secondary N) is 2. The van der Waals surface area contributed by atoms with Crippen molar-refractivity contribution in [3.05, 3.63) is 22.4 Å². The maximum Gasteiger partial charge on any atom is 0.104 e. The van der Waals surface area contributed by atoms with Gasteiger partial charge in [-0.1, -0.05) is 0 Å². The Kier molecular flexibility index (Phi) is 2.59. The van der Waals surface area contributed by atoms with E-state index in [0.29, 0.717) is 5.69 Å². The second-order valence-electron chi connectivity index (χ2n) is 1.98. The zero-order valence-electron chi connectivity index (χ0n) is 6.06. The van der Waals surface area contributed by atoms with Crippen LogP contribution in [0.1, 0.15) is 5.69 Å². The van der Waals surface area contributed by atoms with Crippen molar-refractivity contribution in [1.29, 1.82) is 5.41 Å². The van der Waals surface area contributed by atoms with Gasteiger partial charge in [0, 0.05) is 23.9 Å². The first-order valence-corrected chi connectivity index (χ1v) is 3.91. The summed E-state index contributed by atoms with van der Waals surface area (Å²) in [5.41, 5.74) is 1.50. The minimum absolute atomic E-state index is 0.649. The summed E-state index contributed by atoms with van der Waals surface area (Å²) in [4.78, 5) is 4.02. The molecule has 0 aliphatic heterocycles. The lowest BCUT2D eigenvalue weighted by Gasteiger charge is -2.02. The summed E-state index contributed by atoms with van der Waals surface area (Å²) >= 11 is 3.29. The molecule has 0 aliphatic rings. The number of anilines is 1. The molecule has 0 radical (unpaired) electrons. The molecule has 4 heteroatoms. The molecule has 1 aromatic rings. The van der Waals surface area contributed by atoms with E-state index in [-0.39, 0.29) is 0 Å². The van der Waals surface area contributed by atoms with E-state index in [4.69, 9.17) is 5.41 Å². The Morgan fingerprint density at radius 2 is 2.45 bits per heavy atom. The maximum absolute atomic E-state index is 7.02. The maximum atomic E-state index is 7.02. The molecule has 0 fully saturated rings. The molecule has 11 heavy (non-hydrogen) atoms. The minimum atomic E-state index is 0.649. The summed E-state index contributed by atoms with van der Waals surface area (Å²) in [6, 6.07) is 1.88. The van der Waals surface area contributed by atoms with Crippen LogP contribution in [0, 0.1) is 5.41 Å². The molecule has 0 amide bonds. The molecule has 0 bridgehead atoms. The van der Waals surface area contributed by atoms with E-state index in [1.165, 1.54) is 6.21 Å². The van der Waals surface area contributed by atoms with Gasteiger partial charge in [0.15, 0.2) is 0 Å². The fourth-order valence-corrected chi connectivity index (χ4v) is 1.10. The van der Waals surface area contributed by atoms with Crippen LogP contribution in [0.2, 0.25) is 0 Å². The minimum Gasteiger partial charge on any atom is -0.386 e. The molecule has 0 saturated carbocycles. The molecule has 0 aromatic carbocycles. The highest BCUT2D eigenvalue weighted by Crippen LogP contribution is 2.16. The predicted molar refractivity (Wildman–Crippen MR) is 49.4 cm³/mol. The lowest BCUT2D eigenvalue weighted by atomic mass is 10.3. The topological polar surface area (TPSA) is 48.8 Å². The highest BCUT2D eigenvalue weighted by Gasteiger charge is 1.98. The number of halogens is 1. The average Bonchev–Trinajstić information content (AvgIpc) is 2.04. The van der Waals surface area contributed by atoms with Gasteiger partial charge in [-0.3, -0.25) is 4.98 Å². The van der Waals surface area contributed by atoms with Gasteiger partial charge >= 0.3 is 0 Å². The molecular weight excluding hydrogens is 206 g/mol. The van der Waals surface area contributed by atoms with Crippen LogP contribution in [-0.4, -0.2) is 18.2 Å². The fraction of sp³-hybridized carbons (Fsp3) is 0.143. The molecule has 0 aliphatic carbocycles. The highest BCUT2D eigenvalue weighted by atomic mass is 79.9. The average molecular weight is 214 g/mol. The molecular formula is C7H8BrN3. The predicted octanol–water partition coefficient (Wildman–Crippen LogP) is 1.88. The van der Waals surface area contributed by atoms with Gasteiger partial charge < -0.3 is 10.7 Å². The number of hydrogen-bond donors (Lipinski definition) is 2. The van der Waals surface area contributed by atoms with Crippen LogP contribution >= 0.6 is 15.9 Å². The number of rotatable bonds is 2. The van der Waals surface area contributed by atoms with E-state index in [2.05, 4.69) is 26.2 Å². The molecule has 2 N–H and O–H groups in total. The molecule has 1 heterocycles. The molecule has 58 valence electrons. The van der Waals surface area contributed by atoms with Gasteiger partial charge in [-0.05, 0) is 22.0 Å². The Morgan fingerprint density at radius 1 is 1.73 bits per heavy atom. The van der Waals surface area contributed by atoms with Crippen molar-refractivity contribution in [2.75, 3.05) is 12.4 Å². The van der Waals surface area contributed by atoms with E-state index in [9.17, 15) is 0 Å². The van der Waals surface area contributed by atoms with Gasteiger partial charge in [-0.15, -0.1) is 0 Å². The normalized spacial score (nSPS) is 9.27. The quantitative estimate of drug-likeness (QED) is 0.738. The van der Waals surface area contributed by atoms with E-state index in [1.54, 1.807) is 13.2 Å². The lowest BCUT2D eigenvalue weighted by Crippen LogP contribution is -1.96. The van der Waals surface area contributed by atoms with Gasteiger partial charge in [-0.2, -0.15) is 0 Å². The third-order valence-electron chi connectivity index (χ3n) is 1.29. The Hall–Kier alpha value is -0.900. The monoisotopic (exact) mass is 213 g/mol. The van der Waals surface area contributed by atoms with Gasteiger partial charge in [0.25, 0.3) is 0 Å². The van der Waals surface area contributed by atoms with Crippen LogP contribution in [0.3, 0.4) is 0 Å². The first kappa shape index (κ1) is 8.20. The molecule has 0 atom stereocenters. The van der Waals surface area contributed by atoms with Gasteiger partial charge in [0.2, 0.25) is 0 Å². The molecule has 3 nitrogen and oxygen atoms in total. The van der Waals surface area contributed by atoms with Gasteiger partial charge in [-0.25, -0.2) is 0 Å². The van der Waals surface area contributed by atoms with E-state index < -0.39 is 0 Å². The Balaban J connectivity index is 3.16. The molecule has 0 unspecified atom stereocenters. The third-order valence-corrected chi connectivity index (χ3v) is 1.72. The standard InChI is InChI=1S/C7H8BrN3/c1-10-6-2-5(8)4-11-7(6)3-9/h2-4,9-10H,1H3. The Bertz CT molecular complexity index is 272. The third kappa shape index (κ3) is 1.77. The smallest absolute Gasteiger partial charge is 0.104 e. The summed E-state index contributed by atoms with van der Waals surface area (Å²) in [5.74, 6) is 0. The second kappa shape index (κ2) is 3.48. The number of pyridine rings is 1. The summed E-state index contributed by atoms with van der Waals surface area (Å²) in [6.45, 7) is 0. The second-order valence-corrected chi connectivity index (χ2v) is 2.90. The van der Waals surface area contributed by atoms with Crippen LogP contribution < -0.4 is 5.32 Å². The summed E-state index contributed by atoms with van der Waals surface area (Å²) in [7, 11) is 1.80. The van der Waals surface area contributed by atoms with Crippen molar-refractivity contribution in [2.45, 2.75) is 0 Å². The zero-order valence-corrected chi connectivity index (χ0v) is 7.64. The Morgan fingerprint density at radius 3 is 3.00 bits per heavy atom. The van der Waals surface area contributed by atoms with Crippen LogP contribution in [0.4, 0.5) is 5.69 Å². The van der Waals surface area contributed by atoms with Crippen molar-refractivity contribution >= 4 is 27.8 Å². The van der Waals surface area contributed by atoms with E-state index >= 15 is 0 Å². The van der Waals surface area contributed by atoms with Crippen LogP contribution in [0.15, 0.2) is 16.7 Å². The van der Waals surface area contributed by atoms with Crippen LogP contribution in [-0.2, 0) is 0 Å². The van der Waals surface area contributed by atoms with Crippen LogP contribution in [0.25, 0.3) is 0 Å². The highest BCUT2D eigenvalue weighted by molar-refractivity contribution is 9.10. The van der Waals surface area contributed by atoms with Gasteiger partial charge in [0.1, 0.15) is 5.69 Å². The molecule has 1 rings (SSSR count). The SMILES string of the molecule is CNc1cc(Br)cnc1C=N. The number of aromatic nitrogens is 1. The van der Waals surface area contributed by atoms with Crippen molar-refractivity contribution in [3.8, 4) is 0 Å². The van der Waals surface area contributed by atoms with Crippen molar-refractivity contribution in [3.63, 3.8) is 0 Å². The van der Waals surface area contributed by atoms with Crippen molar-refractivity contribution in [2.24, 2.45) is 0 Å². The van der Waals surface area contributed by atoms with E-state index in [0.717, 1.165) is 10.2 Å². The fourth-order valence-electron chi connectivity index (χ4n) is 0.765. The Labute approximate surface area is 73.5 Å². The summed E-state index contributed by atoms with van der Waals surface area (Å²) in [5, 5.41) is 9.96. The first-order valence-electron chi connectivity index (χ1n) is 3.11. The molecule has 0 saturated heterocycles. The van der Waals surface area contributed by atoms with Crippen molar-refractivity contribution < 1.29 is 0 Å². The van der Waals surface area contributed by atoms with E-state index in [1.807, 2.05) is 6.07 Å². The molecule has 1 aromatic heterocycles. The molecule has 0 spiro atoms. The van der Waals surface area contributed by atoms with Crippen molar-refractivity contribution in [1.82, 2.24) is 4.98 Å². The number of hydrogen-bond acceptors (Lipinski definition) is 3. The zero-order chi connectivity index (χ0) is 8.27. The summed E-state index contributed by atoms with van der Waals surface area (Å²) in [6.07, 6.45) is 2.89. The van der Waals surface area contributed by atoms with Gasteiger partial charge in [0.05, 0.1) is 5.69 Å². The van der Waals surface area contributed by atoms with Crippen LogP contribution in [0.5, 0.6) is 0 Å². The first-order chi connectivity index (χ1) is 5.27. The lowest BCUT2D eigenvalue weighted by molar-refractivity contribution is 1.26. The number of nitrogens with zero attached hydrogens (tertiary/aromatic N) is 1.